The second-order valence-electron chi connectivity index (χ2n) is 5.41. The van der Waals surface area contributed by atoms with E-state index in [-0.39, 0.29) is 24.9 Å². The van der Waals surface area contributed by atoms with Gasteiger partial charge in [0, 0.05) is 18.0 Å². The van der Waals surface area contributed by atoms with Crippen LogP contribution in [-0.2, 0) is 9.84 Å². The molecule has 1 aromatic carbocycles. The molecule has 0 bridgehead atoms. The van der Waals surface area contributed by atoms with Crippen molar-refractivity contribution in [2.45, 2.75) is 26.0 Å². The molecule has 0 saturated heterocycles. The summed E-state index contributed by atoms with van der Waals surface area (Å²) in [4.78, 5) is 0. The van der Waals surface area contributed by atoms with Crippen LogP contribution in [0.25, 0.3) is 0 Å². The van der Waals surface area contributed by atoms with Crippen molar-refractivity contribution < 1.29 is 18.3 Å². The van der Waals surface area contributed by atoms with E-state index in [2.05, 4.69) is 5.32 Å². The SMILES string of the molecule is Cc1ccc(OCC(O)CNC2C=CS(=O)(=O)C2)c(C)c1. The fourth-order valence-corrected chi connectivity index (χ4v) is 3.47. The van der Waals surface area contributed by atoms with Gasteiger partial charge >= 0.3 is 0 Å². The van der Waals surface area contributed by atoms with Gasteiger partial charge in [-0.3, -0.25) is 0 Å². The van der Waals surface area contributed by atoms with E-state index in [1.807, 2.05) is 32.0 Å². The first kappa shape index (κ1) is 16.0. The van der Waals surface area contributed by atoms with Crippen LogP contribution < -0.4 is 10.1 Å². The number of aliphatic hydroxyl groups excluding tert-OH is 1. The average Bonchev–Trinajstić information content (AvgIpc) is 2.75. The summed E-state index contributed by atoms with van der Waals surface area (Å²) in [6.45, 7) is 4.43. The van der Waals surface area contributed by atoms with E-state index in [0.29, 0.717) is 0 Å². The Balaban J connectivity index is 1.75. The van der Waals surface area contributed by atoms with Gasteiger partial charge in [0.25, 0.3) is 0 Å². The van der Waals surface area contributed by atoms with Crippen LogP contribution >= 0.6 is 0 Å². The molecule has 1 aliphatic heterocycles. The van der Waals surface area contributed by atoms with E-state index in [0.717, 1.165) is 16.9 Å². The molecule has 0 spiro atoms. The normalized spacial score (nSPS) is 21.4. The van der Waals surface area contributed by atoms with Crippen molar-refractivity contribution in [3.05, 3.63) is 40.8 Å². The molecular formula is C15H21NO4S. The third kappa shape index (κ3) is 4.84. The molecule has 21 heavy (non-hydrogen) atoms. The van der Waals surface area contributed by atoms with Crippen LogP contribution in [0.1, 0.15) is 11.1 Å². The zero-order valence-electron chi connectivity index (χ0n) is 12.2. The first-order valence-corrected chi connectivity index (χ1v) is 8.60. The molecule has 2 rings (SSSR count). The number of nitrogens with one attached hydrogen (secondary N) is 1. The van der Waals surface area contributed by atoms with Crippen LogP contribution in [0.5, 0.6) is 5.75 Å². The van der Waals surface area contributed by atoms with E-state index in [1.54, 1.807) is 6.08 Å². The molecule has 2 unspecified atom stereocenters. The minimum atomic E-state index is -3.06. The highest BCUT2D eigenvalue weighted by atomic mass is 32.2. The van der Waals surface area contributed by atoms with Gasteiger partial charge < -0.3 is 15.2 Å². The molecule has 2 N–H and O–H groups in total. The van der Waals surface area contributed by atoms with Crippen molar-refractivity contribution >= 4 is 9.84 Å². The number of rotatable bonds is 6. The van der Waals surface area contributed by atoms with Crippen LogP contribution in [0, 0.1) is 13.8 Å². The van der Waals surface area contributed by atoms with Crippen LogP contribution in [0.4, 0.5) is 0 Å². The van der Waals surface area contributed by atoms with Gasteiger partial charge in [0.1, 0.15) is 18.5 Å². The topological polar surface area (TPSA) is 75.6 Å². The zero-order chi connectivity index (χ0) is 15.5. The Bertz CT molecular complexity index is 625. The lowest BCUT2D eigenvalue weighted by atomic mass is 10.1. The smallest absolute Gasteiger partial charge is 0.173 e. The number of benzene rings is 1. The van der Waals surface area contributed by atoms with E-state index in [9.17, 15) is 13.5 Å². The van der Waals surface area contributed by atoms with Crippen molar-refractivity contribution in [2.24, 2.45) is 0 Å². The average molecular weight is 311 g/mol. The molecule has 0 amide bonds. The minimum Gasteiger partial charge on any atom is -0.491 e. The van der Waals surface area contributed by atoms with Crippen LogP contribution in [-0.4, -0.2) is 44.6 Å². The maximum absolute atomic E-state index is 11.2. The van der Waals surface area contributed by atoms with E-state index in [4.69, 9.17) is 4.74 Å². The standard InChI is InChI=1S/C15H21NO4S/c1-11-3-4-15(12(2)7-11)20-9-14(17)8-16-13-5-6-21(18,19)10-13/h3-7,13-14,16-17H,8-10H2,1-2H3. The summed E-state index contributed by atoms with van der Waals surface area (Å²) >= 11 is 0. The Morgan fingerprint density at radius 2 is 2.19 bits per heavy atom. The fraction of sp³-hybridized carbons (Fsp3) is 0.467. The van der Waals surface area contributed by atoms with E-state index in [1.165, 1.54) is 5.41 Å². The Kier molecular flexibility index (Phi) is 5.03. The summed E-state index contributed by atoms with van der Waals surface area (Å²) in [6, 6.07) is 5.64. The van der Waals surface area contributed by atoms with Crippen molar-refractivity contribution in [1.82, 2.24) is 5.32 Å². The molecule has 0 saturated carbocycles. The first-order chi connectivity index (χ1) is 9.85. The van der Waals surface area contributed by atoms with E-state index < -0.39 is 15.9 Å². The molecule has 0 fully saturated rings. The number of hydrogen-bond donors (Lipinski definition) is 2. The number of aryl methyl sites for hydroxylation is 2. The van der Waals surface area contributed by atoms with Crippen LogP contribution in [0.3, 0.4) is 0 Å². The van der Waals surface area contributed by atoms with Crippen LogP contribution in [0.2, 0.25) is 0 Å². The monoisotopic (exact) mass is 311 g/mol. The van der Waals surface area contributed by atoms with Gasteiger partial charge in [0.2, 0.25) is 0 Å². The molecule has 0 aromatic heterocycles. The largest absolute Gasteiger partial charge is 0.491 e. The van der Waals surface area contributed by atoms with Crippen molar-refractivity contribution in [2.75, 3.05) is 18.9 Å². The van der Waals surface area contributed by atoms with Crippen molar-refractivity contribution in [3.8, 4) is 5.75 Å². The molecule has 116 valence electrons. The molecule has 1 heterocycles. The summed E-state index contributed by atoms with van der Waals surface area (Å²) in [6.07, 6.45) is 0.912. The molecule has 1 aromatic rings. The van der Waals surface area contributed by atoms with Crippen molar-refractivity contribution in [1.29, 1.82) is 0 Å². The summed E-state index contributed by atoms with van der Waals surface area (Å²) < 4.78 is 28.1. The van der Waals surface area contributed by atoms with Gasteiger partial charge in [0.15, 0.2) is 9.84 Å². The molecule has 0 radical (unpaired) electrons. The predicted octanol–water partition coefficient (Wildman–Crippen LogP) is 0.943. The summed E-state index contributed by atoms with van der Waals surface area (Å²) in [5.74, 6) is 0.806. The summed E-state index contributed by atoms with van der Waals surface area (Å²) in [5.41, 5.74) is 2.19. The quantitative estimate of drug-likeness (QED) is 0.818. The Morgan fingerprint density at radius 3 is 2.81 bits per heavy atom. The van der Waals surface area contributed by atoms with Gasteiger partial charge in [-0.05, 0) is 25.5 Å². The minimum absolute atomic E-state index is 0.0532. The highest BCUT2D eigenvalue weighted by Gasteiger charge is 2.21. The van der Waals surface area contributed by atoms with Gasteiger partial charge in [-0.15, -0.1) is 0 Å². The first-order valence-electron chi connectivity index (χ1n) is 6.88. The molecular weight excluding hydrogens is 290 g/mol. The van der Waals surface area contributed by atoms with Gasteiger partial charge in [0.05, 0.1) is 5.75 Å². The molecule has 0 aliphatic carbocycles. The lowest BCUT2D eigenvalue weighted by Crippen LogP contribution is -2.38. The third-order valence-electron chi connectivity index (χ3n) is 3.31. The van der Waals surface area contributed by atoms with E-state index >= 15 is 0 Å². The number of aliphatic hydroxyl groups is 1. The maximum atomic E-state index is 11.2. The predicted molar refractivity (Wildman–Crippen MR) is 82.1 cm³/mol. The van der Waals surface area contributed by atoms with Gasteiger partial charge in [-0.1, -0.05) is 23.8 Å². The highest BCUT2D eigenvalue weighted by molar-refractivity contribution is 7.94. The van der Waals surface area contributed by atoms with Crippen LogP contribution in [0.15, 0.2) is 29.7 Å². The summed E-state index contributed by atoms with van der Waals surface area (Å²) in [7, 11) is -3.06. The second-order valence-corrected chi connectivity index (χ2v) is 7.34. The second kappa shape index (κ2) is 6.60. The maximum Gasteiger partial charge on any atom is 0.173 e. The molecule has 1 aliphatic rings. The number of hydrogen-bond acceptors (Lipinski definition) is 5. The Hall–Kier alpha value is -1.37. The zero-order valence-corrected chi connectivity index (χ0v) is 13.1. The molecule has 6 heteroatoms. The third-order valence-corrected chi connectivity index (χ3v) is 4.70. The number of ether oxygens (including phenoxy) is 1. The van der Waals surface area contributed by atoms with Gasteiger partial charge in [-0.2, -0.15) is 0 Å². The Labute approximate surface area is 125 Å². The fourth-order valence-electron chi connectivity index (χ4n) is 2.20. The Morgan fingerprint density at radius 1 is 1.43 bits per heavy atom. The highest BCUT2D eigenvalue weighted by Crippen LogP contribution is 2.18. The van der Waals surface area contributed by atoms with Crippen molar-refractivity contribution in [3.63, 3.8) is 0 Å². The van der Waals surface area contributed by atoms with Gasteiger partial charge in [-0.25, -0.2) is 8.42 Å². The lowest BCUT2D eigenvalue weighted by Gasteiger charge is -2.16. The lowest BCUT2D eigenvalue weighted by molar-refractivity contribution is 0.105. The molecule has 2 atom stereocenters. The molecule has 5 nitrogen and oxygen atoms in total. The summed E-state index contributed by atoms with van der Waals surface area (Å²) in [5, 5.41) is 14.1. The number of sulfone groups is 1.